The SMILES string of the molecule is CCOC(=O)C(CSCC(C)CO)NC. The lowest BCUT2D eigenvalue weighted by atomic mass is 10.2. The van der Waals surface area contributed by atoms with Crippen LogP contribution in [0.4, 0.5) is 0 Å². The van der Waals surface area contributed by atoms with E-state index in [1.165, 1.54) is 0 Å². The third kappa shape index (κ3) is 6.76. The number of hydrogen-bond donors (Lipinski definition) is 2. The van der Waals surface area contributed by atoms with E-state index in [1.807, 2.05) is 6.92 Å². The summed E-state index contributed by atoms with van der Waals surface area (Å²) in [6, 6.07) is -0.249. The van der Waals surface area contributed by atoms with E-state index >= 15 is 0 Å². The molecule has 0 radical (unpaired) electrons. The van der Waals surface area contributed by atoms with Crippen molar-refractivity contribution in [2.24, 2.45) is 5.92 Å². The third-order valence-corrected chi connectivity index (χ3v) is 3.29. The molecular formula is C10H21NO3S. The minimum atomic E-state index is -0.249. The molecule has 2 N–H and O–H groups in total. The summed E-state index contributed by atoms with van der Waals surface area (Å²) in [5, 5.41) is 11.8. The van der Waals surface area contributed by atoms with Crippen LogP contribution in [-0.4, -0.2) is 48.9 Å². The fourth-order valence-electron chi connectivity index (χ4n) is 0.952. The van der Waals surface area contributed by atoms with Gasteiger partial charge >= 0.3 is 5.97 Å². The molecule has 0 aromatic carbocycles. The highest BCUT2D eigenvalue weighted by Gasteiger charge is 2.17. The molecule has 2 atom stereocenters. The molecule has 15 heavy (non-hydrogen) atoms. The van der Waals surface area contributed by atoms with Crippen LogP contribution in [0.3, 0.4) is 0 Å². The Morgan fingerprint density at radius 2 is 2.20 bits per heavy atom. The highest BCUT2D eigenvalue weighted by atomic mass is 32.2. The fourth-order valence-corrected chi connectivity index (χ4v) is 2.13. The molecule has 0 aliphatic carbocycles. The van der Waals surface area contributed by atoms with Gasteiger partial charge in [-0.2, -0.15) is 11.8 Å². The van der Waals surface area contributed by atoms with Crippen molar-refractivity contribution in [3.05, 3.63) is 0 Å². The number of aliphatic hydroxyl groups is 1. The molecule has 0 aromatic rings. The summed E-state index contributed by atoms with van der Waals surface area (Å²) in [6.45, 7) is 4.38. The highest BCUT2D eigenvalue weighted by molar-refractivity contribution is 7.99. The first-order valence-corrected chi connectivity index (χ1v) is 6.33. The van der Waals surface area contributed by atoms with Gasteiger partial charge in [-0.05, 0) is 25.6 Å². The largest absolute Gasteiger partial charge is 0.465 e. The summed E-state index contributed by atoms with van der Waals surface area (Å²) >= 11 is 1.65. The van der Waals surface area contributed by atoms with E-state index in [4.69, 9.17) is 9.84 Å². The number of esters is 1. The zero-order chi connectivity index (χ0) is 11.7. The van der Waals surface area contributed by atoms with E-state index in [2.05, 4.69) is 5.32 Å². The van der Waals surface area contributed by atoms with Gasteiger partial charge in [0.2, 0.25) is 0 Å². The maximum absolute atomic E-state index is 11.4. The minimum absolute atomic E-state index is 0.191. The predicted octanol–water partition coefficient (Wildman–Crippen LogP) is 0.499. The standard InChI is InChI=1S/C10H21NO3S/c1-4-14-10(13)9(11-3)7-15-6-8(2)5-12/h8-9,11-12H,4-7H2,1-3H3. The number of thioether (sulfide) groups is 1. The highest BCUT2D eigenvalue weighted by Crippen LogP contribution is 2.09. The van der Waals surface area contributed by atoms with E-state index in [0.29, 0.717) is 12.4 Å². The second-order valence-corrected chi connectivity index (χ2v) is 4.49. The van der Waals surface area contributed by atoms with Gasteiger partial charge in [0, 0.05) is 12.4 Å². The summed E-state index contributed by atoms with van der Waals surface area (Å²) in [4.78, 5) is 11.4. The molecule has 90 valence electrons. The number of rotatable bonds is 8. The Morgan fingerprint density at radius 1 is 1.53 bits per heavy atom. The van der Waals surface area contributed by atoms with Crippen molar-refractivity contribution in [3.8, 4) is 0 Å². The summed E-state index contributed by atoms with van der Waals surface area (Å²) < 4.78 is 4.91. The van der Waals surface area contributed by atoms with Crippen molar-refractivity contribution in [1.29, 1.82) is 0 Å². The number of likely N-dealkylation sites (N-methyl/N-ethyl adjacent to an activating group) is 1. The normalized spacial score (nSPS) is 14.7. The molecule has 0 bridgehead atoms. The number of aliphatic hydroxyl groups excluding tert-OH is 1. The van der Waals surface area contributed by atoms with E-state index in [0.717, 1.165) is 5.75 Å². The van der Waals surface area contributed by atoms with Crippen LogP contribution < -0.4 is 5.32 Å². The van der Waals surface area contributed by atoms with E-state index in [1.54, 1.807) is 25.7 Å². The van der Waals surface area contributed by atoms with Crippen LogP contribution in [-0.2, 0) is 9.53 Å². The van der Waals surface area contributed by atoms with Crippen molar-refractivity contribution >= 4 is 17.7 Å². The molecule has 0 heterocycles. The van der Waals surface area contributed by atoms with Crippen molar-refractivity contribution in [3.63, 3.8) is 0 Å². The number of carbonyl (C=O) groups is 1. The minimum Gasteiger partial charge on any atom is -0.465 e. The first-order valence-electron chi connectivity index (χ1n) is 5.18. The lowest BCUT2D eigenvalue weighted by Gasteiger charge is -2.15. The molecular weight excluding hydrogens is 214 g/mol. The van der Waals surface area contributed by atoms with Gasteiger partial charge in [-0.3, -0.25) is 4.79 Å². The number of ether oxygens (including phenoxy) is 1. The Morgan fingerprint density at radius 3 is 2.67 bits per heavy atom. The Kier molecular flexibility index (Phi) is 8.85. The van der Waals surface area contributed by atoms with E-state index in [-0.39, 0.29) is 24.5 Å². The van der Waals surface area contributed by atoms with Crippen LogP contribution in [0.2, 0.25) is 0 Å². The molecule has 5 heteroatoms. The molecule has 0 saturated heterocycles. The molecule has 0 amide bonds. The predicted molar refractivity (Wildman–Crippen MR) is 63.1 cm³/mol. The summed E-state index contributed by atoms with van der Waals surface area (Å²) in [6.07, 6.45) is 0. The average Bonchev–Trinajstić information content (AvgIpc) is 2.24. The smallest absolute Gasteiger partial charge is 0.323 e. The maximum Gasteiger partial charge on any atom is 0.323 e. The molecule has 0 spiro atoms. The number of carbonyl (C=O) groups excluding carboxylic acids is 1. The third-order valence-electron chi connectivity index (χ3n) is 1.92. The Labute approximate surface area is 95.8 Å². The lowest BCUT2D eigenvalue weighted by Crippen LogP contribution is -2.38. The fraction of sp³-hybridized carbons (Fsp3) is 0.900. The first kappa shape index (κ1) is 14.7. The van der Waals surface area contributed by atoms with Crippen molar-refractivity contribution < 1.29 is 14.6 Å². The van der Waals surface area contributed by atoms with Crippen LogP contribution in [0.1, 0.15) is 13.8 Å². The van der Waals surface area contributed by atoms with Crippen LogP contribution in [0.25, 0.3) is 0 Å². The van der Waals surface area contributed by atoms with Crippen LogP contribution in [0.15, 0.2) is 0 Å². The second kappa shape index (κ2) is 9.00. The van der Waals surface area contributed by atoms with Gasteiger partial charge in [-0.25, -0.2) is 0 Å². The van der Waals surface area contributed by atoms with E-state index in [9.17, 15) is 4.79 Å². The summed E-state index contributed by atoms with van der Waals surface area (Å²) in [5.74, 6) is 1.60. The Bertz CT molecular complexity index is 178. The average molecular weight is 235 g/mol. The number of nitrogens with one attached hydrogen (secondary N) is 1. The number of hydrogen-bond acceptors (Lipinski definition) is 5. The van der Waals surface area contributed by atoms with Crippen LogP contribution >= 0.6 is 11.8 Å². The molecule has 0 saturated carbocycles. The van der Waals surface area contributed by atoms with E-state index < -0.39 is 0 Å². The molecule has 0 aromatic heterocycles. The monoisotopic (exact) mass is 235 g/mol. The Hall–Kier alpha value is -0.260. The van der Waals surface area contributed by atoms with Crippen molar-refractivity contribution in [2.45, 2.75) is 19.9 Å². The molecule has 0 aliphatic rings. The van der Waals surface area contributed by atoms with Crippen LogP contribution in [0.5, 0.6) is 0 Å². The summed E-state index contributed by atoms with van der Waals surface area (Å²) in [5.41, 5.74) is 0. The van der Waals surface area contributed by atoms with Gasteiger partial charge in [0.25, 0.3) is 0 Å². The zero-order valence-electron chi connectivity index (χ0n) is 9.66. The lowest BCUT2D eigenvalue weighted by molar-refractivity contribution is -0.144. The topological polar surface area (TPSA) is 58.6 Å². The van der Waals surface area contributed by atoms with Crippen LogP contribution in [0, 0.1) is 5.92 Å². The molecule has 4 nitrogen and oxygen atoms in total. The second-order valence-electron chi connectivity index (χ2n) is 3.42. The van der Waals surface area contributed by atoms with Gasteiger partial charge in [-0.15, -0.1) is 0 Å². The van der Waals surface area contributed by atoms with Gasteiger partial charge < -0.3 is 15.2 Å². The van der Waals surface area contributed by atoms with Gasteiger partial charge in [-0.1, -0.05) is 6.92 Å². The Balaban J connectivity index is 3.74. The molecule has 0 fully saturated rings. The quantitative estimate of drug-likeness (QED) is 0.600. The molecule has 2 unspecified atom stereocenters. The zero-order valence-corrected chi connectivity index (χ0v) is 10.5. The summed E-state index contributed by atoms with van der Waals surface area (Å²) in [7, 11) is 1.75. The van der Waals surface area contributed by atoms with Gasteiger partial charge in [0.15, 0.2) is 0 Å². The molecule has 0 rings (SSSR count). The maximum atomic E-state index is 11.4. The molecule has 0 aliphatic heterocycles. The first-order chi connectivity index (χ1) is 7.15. The van der Waals surface area contributed by atoms with Crippen molar-refractivity contribution in [1.82, 2.24) is 5.32 Å². The van der Waals surface area contributed by atoms with Gasteiger partial charge in [0.05, 0.1) is 6.61 Å². The van der Waals surface area contributed by atoms with Gasteiger partial charge in [0.1, 0.15) is 6.04 Å². The van der Waals surface area contributed by atoms with Crippen molar-refractivity contribution in [2.75, 3.05) is 31.8 Å².